The standard InChI is InChI=1S/C10H8ClF3N2O2/c1-17-8-4-6(5-11)9(18-10(12,13)14)7(16-8)2-3-15/h4H,2,5H2,1H3. The molecule has 0 fully saturated rings. The van der Waals surface area contributed by atoms with Crippen LogP contribution in [0.2, 0.25) is 0 Å². The summed E-state index contributed by atoms with van der Waals surface area (Å²) in [5, 5.41) is 8.57. The number of pyridine rings is 1. The molecule has 1 aromatic rings. The van der Waals surface area contributed by atoms with E-state index >= 15 is 0 Å². The number of nitriles is 1. The van der Waals surface area contributed by atoms with Crippen molar-refractivity contribution in [3.63, 3.8) is 0 Å². The van der Waals surface area contributed by atoms with Crippen molar-refractivity contribution in [1.82, 2.24) is 4.98 Å². The number of aromatic nitrogens is 1. The van der Waals surface area contributed by atoms with Crippen molar-refractivity contribution in [2.24, 2.45) is 0 Å². The van der Waals surface area contributed by atoms with E-state index in [1.54, 1.807) is 6.07 Å². The van der Waals surface area contributed by atoms with Gasteiger partial charge in [-0.15, -0.1) is 24.8 Å². The Morgan fingerprint density at radius 1 is 1.50 bits per heavy atom. The average molecular weight is 281 g/mol. The third kappa shape index (κ3) is 3.67. The van der Waals surface area contributed by atoms with Gasteiger partial charge in [0.15, 0.2) is 5.75 Å². The van der Waals surface area contributed by atoms with Crippen LogP contribution in [0.25, 0.3) is 0 Å². The Kier molecular flexibility index (Phi) is 4.62. The Bertz CT molecular complexity index is 471. The van der Waals surface area contributed by atoms with Crippen LogP contribution in [0.5, 0.6) is 11.6 Å². The van der Waals surface area contributed by atoms with Gasteiger partial charge in [-0.1, -0.05) is 0 Å². The molecule has 0 bridgehead atoms. The van der Waals surface area contributed by atoms with Gasteiger partial charge < -0.3 is 9.47 Å². The predicted octanol–water partition coefficient (Wildman–Crippen LogP) is 2.79. The van der Waals surface area contributed by atoms with Crippen molar-refractivity contribution in [3.8, 4) is 17.7 Å². The number of hydrogen-bond donors (Lipinski definition) is 0. The van der Waals surface area contributed by atoms with Crippen molar-refractivity contribution < 1.29 is 22.6 Å². The van der Waals surface area contributed by atoms with Gasteiger partial charge in [-0.25, -0.2) is 4.98 Å². The summed E-state index contributed by atoms with van der Waals surface area (Å²) in [7, 11) is 1.31. The molecule has 1 aromatic heterocycles. The normalized spacial score (nSPS) is 10.9. The summed E-state index contributed by atoms with van der Waals surface area (Å²) in [6, 6.07) is 2.94. The van der Waals surface area contributed by atoms with E-state index in [4.69, 9.17) is 21.6 Å². The number of hydrogen-bond acceptors (Lipinski definition) is 4. The van der Waals surface area contributed by atoms with E-state index < -0.39 is 12.1 Å². The molecule has 0 atom stereocenters. The average Bonchev–Trinajstić information content (AvgIpc) is 2.29. The molecule has 18 heavy (non-hydrogen) atoms. The minimum absolute atomic E-state index is 0.0612. The van der Waals surface area contributed by atoms with Gasteiger partial charge >= 0.3 is 6.36 Å². The van der Waals surface area contributed by atoms with Crippen molar-refractivity contribution in [3.05, 3.63) is 17.3 Å². The molecular weight excluding hydrogens is 273 g/mol. The first-order chi connectivity index (χ1) is 8.41. The number of rotatable bonds is 4. The molecule has 98 valence electrons. The first-order valence-corrected chi connectivity index (χ1v) is 5.20. The van der Waals surface area contributed by atoms with Gasteiger partial charge in [-0.2, -0.15) is 5.26 Å². The maximum atomic E-state index is 12.3. The lowest BCUT2D eigenvalue weighted by Gasteiger charge is -2.15. The topological polar surface area (TPSA) is 55.1 Å². The molecule has 0 saturated heterocycles. The van der Waals surface area contributed by atoms with Gasteiger partial charge in [0.05, 0.1) is 25.5 Å². The first kappa shape index (κ1) is 14.4. The van der Waals surface area contributed by atoms with Crippen molar-refractivity contribution in [1.29, 1.82) is 5.26 Å². The van der Waals surface area contributed by atoms with E-state index in [-0.39, 0.29) is 29.4 Å². The number of methoxy groups -OCH3 is 1. The van der Waals surface area contributed by atoms with Crippen LogP contribution in [0.3, 0.4) is 0 Å². The molecule has 0 saturated carbocycles. The van der Waals surface area contributed by atoms with Crippen LogP contribution >= 0.6 is 11.6 Å². The van der Waals surface area contributed by atoms with Crippen molar-refractivity contribution >= 4 is 11.6 Å². The fourth-order valence-electron chi connectivity index (χ4n) is 1.25. The molecule has 8 heteroatoms. The van der Waals surface area contributed by atoms with E-state index in [9.17, 15) is 13.2 Å². The largest absolute Gasteiger partial charge is 0.573 e. The zero-order valence-electron chi connectivity index (χ0n) is 9.21. The third-order valence-electron chi connectivity index (χ3n) is 1.91. The fraction of sp³-hybridized carbons (Fsp3) is 0.400. The van der Waals surface area contributed by atoms with E-state index in [2.05, 4.69) is 9.72 Å². The van der Waals surface area contributed by atoms with E-state index in [0.717, 1.165) is 0 Å². The minimum Gasteiger partial charge on any atom is -0.481 e. The predicted molar refractivity (Wildman–Crippen MR) is 56.3 cm³/mol. The van der Waals surface area contributed by atoms with Gasteiger partial charge in [0.2, 0.25) is 5.88 Å². The first-order valence-electron chi connectivity index (χ1n) is 4.66. The van der Waals surface area contributed by atoms with Crippen LogP contribution in [-0.2, 0) is 12.3 Å². The van der Waals surface area contributed by atoms with E-state index in [1.807, 2.05) is 0 Å². The van der Waals surface area contributed by atoms with Crippen LogP contribution in [-0.4, -0.2) is 18.5 Å². The minimum atomic E-state index is -4.87. The second-order valence-electron chi connectivity index (χ2n) is 3.12. The maximum Gasteiger partial charge on any atom is 0.573 e. The molecule has 0 amide bonds. The van der Waals surface area contributed by atoms with Gasteiger partial charge in [0, 0.05) is 11.6 Å². The van der Waals surface area contributed by atoms with Crippen LogP contribution in [0.4, 0.5) is 13.2 Å². The molecule has 1 rings (SSSR count). The van der Waals surface area contributed by atoms with E-state index in [1.165, 1.54) is 13.2 Å². The van der Waals surface area contributed by atoms with Crippen molar-refractivity contribution in [2.75, 3.05) is 7.11 Å². The molecule has 4 nitrogen and oxygen atoms in total. The Labute approximate surface area is 106 Å². The lowest BCUT2D eigenvalue weighted by Crippen LogP contribution is -2.19. The summed E-state index contributed by atoms with van der Waals surface area (Å²) in [5.74, 6) is -0.687. The van der Waals surface area contributed by atoms with Gasteiger partial charge in [-0.3, -0.25) is 0 Å². The summed E-state index contributed by atoms with van der Waals surface area (Å²) in [6.45, 7) is 0. The summed E-state index contributed by atoms with van der Waals surface area (Å²) < 4.78 is 45.4. The molecule has 0 spiro atoms. The zero-order chi connectivity index (χ0) is 13.8. The number of ether oxygens (including phenoxy) is 2. The second kappa shape index (κ2) is 5.78. The Morgan fingerprint density at radius 2 is 2.17 bits per heavy atom. The third-order valence-corrected chi connectivity index (χ3v) is 2.20. The molecule has 0 aromatic carbocycles. The SMILES string of the molecule is COc1cc(CCl)c(OC(F)(F)F)c(CC#N)n1. The summed E-state index contributed by atoms with van der Waals surface area (Å²) in [5.41, 5.74) is -0.101. The molecular formula is C10H8ClF3N2O2. The monoisotopic (exact) mass is 280 g/mol. The maximum absolute atomic E-state index is 12.3. The van der Waals surface area contributed by atoms with Crippen LogP contribution < -0.4 is 9.47 Å². The summed E-state index contributed by atoms with van der Waals surface area (Å²) in [4.78, 5) is 3.75. The number of alkyl halides is 4. The van der Waals surface area contributed by atoms with Crippen molar-refractivity contribution in [2.45, 2.75) is 18.7 Å². The fourth-order valence-corrected chi connectivity index (χ4v) is 1.45. The lowest BCUT2D eigenvalue weighted by molar-refractivity contribution is -0.275. The van der Waals surface area contributed by atoms with Gasteiger partial charge in [0.25, 0.3) is 0 Å². The van der Waals surface area contributed by atoms with Gasteiger partial charge in [0.1, 0.15) is 5.69 Å². The summed E-state index contributed by atoms with van der Waals surface area (Å²) in [6.07, 6.45) is -5.21. The highest BCUT2D eigenvalue weighted by molar-refractivity contribution is 6.17. The van der Waals surface area contributed by atoms with Crippen LogP contribution in [0, 0.1) is 11.3 Å². The highest BCUT2D eigenvalue weighted by Crippen LogP contribution is 2.32. The van der Waals surface area contributed by atoms with Gasteiger partial charge in [-0.05, 0) is 0 Å². The smallest absolute Gasteiger partial charge is 0.481 e. The van der Waals surface area contributed by atoms with E-state index in [0.29, 0.717) is 0 Å². The molecule has 0 unspecified atom stereocenters. The second-order valence-corrected chi connectivity index (χ2v) is 3.38. The number of halogens is 4. The summed E-state index contributed by atoms with van der Waals surface area (Å²) >= 11 is 5.55. The zero-order valence-corrected chi connectivity index (χ0v) is 9.97. The molecule has 0 aliphatic heterocycles. The molecule has 0 aliphatic rings. The van der Waals surface area contributed by atoms with Crippen LogP contribution in [0.15, 0.2) is 6.07 Å². The highest BCUT2D eigenvalue weighted by Gasteiger charge is 2.33. The molecule has 0 aliphatic carbocycles. The quantitative estimate of drug-likeness (QED) is 0.796. The number of nitrogens with zero attached hydrogens (tertiary/aromatic N) is 2. The Balaban J connectivity index is 3.30. The molecule has 0 radical (unpaired) electrons. The molecule has 0 N–H and O–H groups in total. The molecule has 1 heterocycles. The van der Waals surface area contributed by atoms with Crippen LogP contribution in [0.1, 0.15) is 11.3 Å². The lowest BCUT2D eigenvalue weighted by atomic mass is 10.2. The Morgan fingerprint density at radius 3 is 2.61 bits per heavy atom. The Hall–Kier alpha value is -1.68. The highest BCUT2D eigenvalue weighted by atomic mass is 35.5.